The van der Waals surface area contributed by atoms with Gasteiger partial charge in [-0.1, -0.05) is 78.0 Å². The summed E-state index contributed by atoms with van der Waals surface area (Å²) in [5, 5.41) is 2.72. The molecule has 0 unspecified atom stereocenters. The van der Waals surface area contributed by atoms with E-state index < -0.39 is 6.03 Å². The van der Waals surface area contributed by atoms with Crippen molar-refractivity contribution < 1.29 is 9.59 Å². The standard InChI is InChI=1S/C24H20N2O2S/c1-17-8-7-9-18(14-17)16-26-23(27)21(25-24(26)28)15-19-10-5-6-13-22(19)29-20-11-3-2-4-12-20/h2-15H,16H2,1H3,(H,25,28)/b21-15-. The molecule has 0 aliphatic carbocycles. The summed E-state index contributed by atoms with van der Waals surface area (Å²) in [5.74, 6) is -0.309. The van der Waals surface area contributed by atoms with E-state index in [0.717, 1.165) is 26.5 Å². The van der Waals surface area contributed by atoms with Gasteiger partial charge in [0.25, 0.3) is 5.91 Å². The van der Waals surface area contributed by atoms with Crippen molar-refractivity contribution in [3.05, 3.63) is 101 Å². The molecule has 1 fully saturated rings. The third-order valence-corrected chi connectivity index (χ3v) is 5.67. The maximum atomic E-state index is 12.8. The number of nitrogens with zero attached hydrogens (tertiary/aromatic N) is 1. The van der Waals surface area contributed by atoms with E-state index in [1.807, 2.05) is 85.8 Å². The third-order valence-electron chi connectivity index (χ3n) is 4.58. The molecule has 29 heavy (non-hydrogen) atoms. The SMILES string of the molecule is Cc1cccc(CN2C(=O)N/C(=C\c3ccccc3Sc3ccccc3)C2=O)c1. The zero-order chi connectivity index (χ0) is 20.2. The van der Waals surface area contributed by atoms with Gasteiger partial charge in [-0.25, -0.2) is 4.79 Å². The van der Waals surface area contributed by atoms with Gasteiger partial charge in [-0.3, -0.25) is 9.69 Å². The highest BCUT2D eigenvalue weighted by Gasteiger charge is 2.33. The van der Waals surface area contributed by atoms with Crippen LogP contribution in [0.2, 0.25) is 0 Å². The van der Waals surface area contributed by atoms with E-state index in [9.17, 15) is 9.59 Å². The van der Waals surface area contributed by atoms with E-state index in [4.69, 9.17) is 0 Å². The molecule has 1 N–H and O–H groups in total. The number of benzene rings is 3. The van der Waals surface area contributed by atoms with Crippen LogP contribution in [0.5, 0.6) is 0 Å². The molecule has 1 heterocycles. The first kappa shape index (κ1) is 19.0. The second-order valence-electron chi connectivity index (χ2n) is 6.82. The molecule has 1 aliphatic heterocycles. The van der Waals surface area contributed by atoms with E-state index >= 15 is 0 Å². The van der Waals surface area contributed by atoms with Gasteiger partial charge >= 0.3 is 6.03 Å². The van der Waals surface area contributed by atoms with Gasteiger partial charge in [-0.15, -0.1) is 0 Å². The van der Waals surface area contributed by atoms with Gasteiger partial charge in [-0.05, 0) is 42.3 Å². The van der Waals surface area contributed by atoms with Crippen LogP contribution in [0.1, 0.15) is 16.7 Å². The number of urea groups is 1. The van der Waals surface area contributed by atoms with E-state index in [1.54, 1.807) is 17.8 Å². The molecule has 1 saturated heterocycles. The number of hydrogen-bond acceptors (Lipinski definition) is 3. The number of carbonyl (C=O) groups excluding carboxylic acids is 2. The van der Waals surface area contributed by atoms with E-state index in [2.05, 4.69) is 5.32 Å². The normalized spacial score (nSPS) is 15.1. The maximum absolute atomic E-state index is 12.8. The molecule has 0 saturated carbocycles. The van der Waals surface area contributed by atoms with Crippen molar-refractivity contribution >= 4 is 29.8 Å². The summed E-state index contributed by atoms with van der Waals surface area (Å²) in [4.78, 5) is 28.6. The fourth-order valence-corrected chi connectivity index (χ4v) is 4.11. The third kappa shape index (κ3) is 4.41. The van der Waals surface area contributed by atoms with Gasteiger partial charge in [0.05, 0.1) is 6.54 Å². The second-order valence-corrected chi connectivity index (χ2v) is 7.94. The van der Waals surface area contributed by atoms with Crippen molar-refractivity contribution in [1.82, 2.24) is 10.2 Å². The van der Waals surface area contributed by atoms with Gasteiger partial charge in [0.1, 0.15) is 5.70 Å². The number of nitrogens with one attached hydrogen (secondary N) is 1. The Balaban J connectivity index is 1.58. The van der Waals surface area contributed by atoms with E-state index in [0.29, 0.717) is 5.70 Å². The lowest BCUT2D eigenvalue weighted by Gasteiger charge is -2.12. The van der Waals surface area contributed by atoms with Crippen molar-refractivity contribution in [3.63, 3.8) is 0 Å². The molecule has 3 amide bonds. The summed E-state index contributed by atoms with van der Waals surface area (Å²) in [6.07, 6.45) is 1.75. The first-order chi connectivity index (χ1) is 14.1. The zero-order valence-electron chi connectivity index (χ0n) is 16.0. The Morgan fingerprint density at radius 1 is 0.931 bits per heavy atom. The van der Waals surface area contributed by atoms with Crippen molar-refractivity contribution in [2.24, 2.45) is 0 Å². The Bertz CT molecular complexity index is 1090. The molecule has 0 atom stereocenters. The molecule has 3 aromatic rings. The van der Waals surface area contributed by atoms with Crippen LogP contribution in [0.15, 0.2) is 94.4 Å². The molecule has 5 heteroatoms. The number of hydrogen-bond donors (Lipinski definition) is 1. The van der Waals surface area contributed by atoms with Crippen LogP contribution in [0, 0.1) is 6.92 Å². The van der Waals surface area contributed by atoms with Crippen molar-refractivity contribution in [3.8, 4) is 0 Å². The number of aryl methyl sites for hydroxylation is 1. The zero-order valence-corrected chi connectivity index (χ0v) is 16.8. The summed E-state index contributed by atoms with van der Waals surface area (Å²) in [6, 6.07) is 25.3. The quantitative estimate of drug-likeness (QED) is 0.471. The Labute approximate surface area is 174 Å². The van der Waals surface area contributed by atoms with Crippen molar-refractivity contribution in [2.75, 3.05) is 0 Å². The molecule has 4 nitrogen and oxygen atoms in total. The summed E-state index contributed by atoms with van der Waals surface area (Å²) in [7, 11) is 0. The van der Waals surface area contributed by atoms with Crippen LogP contribution in [-0.2, 0) is 11.3 Å². The first-order valence-electron chi connectivity index (χ1n) is 9.32. The van der Waals surface area contributed by atoms with Crippen LogP contribution in [0.3, 0.4) is 0 Å². The minimum Gasteiger partial charge on any atom is -0.303 e. The van der Waals surface area contributed by atoms with Gasteiger partial charge in [0.2, 0.25) is 0 Å². The lowest BCUT2D eigenvalue weighted by atomic mass is 10.1. The lowest BCUT2D eigenvalue weighted by Crippen LogP contribution is -2.30. The number of amides is 3. The largest absolute Gasteiger partial charge is 0.329 e. The average molecular weight is 401 g/mol. The van der Waals surface area contributed by atoms with Crippen LogP contribution < -0.4 is 5.32 Å². The minimum absolute atomic E-state index is 0.254. The maximum Gasteiger partial charge on any atom is 0.329 e. The van der Waals surface area contributed by atoms with Crippen molar-refractivity contribution in [1.29, 1.82) is 0 Å². The van der Waals surface area contributed by atoms with E-state index in [-0.39, 0.29) is 12.5 Å². The molecule has 0 spiro atoms. The van der Waals surface area contributed by atoms with Gasteiger partial charge < -0.3 is 5.32 Å². The molecular formula is C24H20N2O2S. The minimum atomic E-state index is -0.393. The fourth-order valence-electron chi connectivity index (χ4n) is 3.17. The molecule has 0 aromatic heterocycles. The second kappa shape index (κ2) is 8.37. The number of carbonyl (C=O) groups is 2. The monoisotopic (exact) mass is 400 g/mol. The van der Waals surface area contributed by atoms with Gasteiger partial charge in [0, 0.05) is 9.79 Å². The lowest BCUT2D eigenvalue weighted by molar-refractivity contribution is -0.123. The average Bonchev–Trinajstić information content (AvgIpc) is 2.98. The fraction of sp³-hybridized carbons (Fsp3) is 0.0833. The molecule has 0 bridgehead atoms. The molecule has 0 radical (unpaired) electrons. The van der Waals surface area contributed by atoms with Crippen LogP contribution in [0.25, 0.3) is 6.08 Å². The van der Waals surface area contributed by atoms with Gasteiger partial charge in [-0.2, -0.15) is 0 Å². The summed E-state index contributed by atoms with van der Waals surface area (Å²) >= 11 is 1.62. The topological polar surface area (TPSA) is 49.4 Å². The Kier molecular flexibility index (Phi) is 5.49. The molecular weight excluding hydrogens is 380 g/mol. The Morgan fingerprint density at radius 3 is 2.48 bits per heavy atom. The first-order valence-corrected chi connectivity index (χ1v) is 10.1. The highest BCUT2D eigenvalue weighted by molar-refractivity contribution is 7.99. The predicted octanol–water partition coefficient (Wildman–Crippen LogP) is 5.24. The van der Waals surface area contributed by atoms with Crippen LogP contribution in [0.4, 0.5) is 4.79 Å². The highest BCUT2D eigenvalue weighted by Crippen LogP contribution is 2.31. The predicted molar refractivity (Wildman–Crippen MR) is 115 cm³/mol. The van der Waals surface area contributed by atoms with Crippen molar-refractivity contribution in [2.45, 2.75) is 23.3 Å². The van der Waals surface area contributed by atoms with Crippen LogP contribution in [-0.4, -0.2) is 16.8 Å². The summed E-state index contributed by atoms with van der Waals surface area (Å²) < 4.78 is 0. The summed E-state index contributed by atoms with van der Waals surface area (Å²) in [5.41, 5.74) is 3.21. The number of imide groups is 1. The molecule has 4 rings (SSSR count). The summed E-state index contributed by atoms with van der Waals surface area (Å²) in [6.45, 7) is 2.24. The van der Waals surface area contributed by atoms with Crippen LogP contribution >= 0.6 is 11.8 Å². The Hall–Kier alpha value is -3.31. The Morgan fingerprint density at radius 2 is 1.69 bits per heavy atom. The molecule has 144 valence electrons. The van der Waals surface area contributed by atoms with E-state index in [1.165, 1.54) is 4.90 Å². The molecule has 3 aromatic carbocycles. The molecule has 1 aliphatic rings. The smallest absolute Gasteiger partial charge is 0.303 e. The number of rotatable bonds is 5. The van der Waals surface area contributed by atoms with Gasteiger partial charge in [0.15, 0.2) is 0 Å². The highest BCUT2D eigenvalue weighted by atomic mass is 32.2.